The van der Waals surface area contributed by atoms with Gasteiger partial charge in [0.2, 0.25) is 11.6 Å². The van der Waals surface area contributed by atoms with Crippen molar-refractivity contribution in [1.29, 1.82) is 0 Å². The molecule has 1 aromatic rings. The summed E-state index contributed by atoms with van der Waals surface area (Å²) >= 11 is 0. The Morgan fingerprint density at radius 3 is 1.96 bits per heavy atom. The molecule has 0 N–H and O–H groups in total. The van der Waals surface area contributed by atoms with Crippen LogP contribution in [0.25, 0.3) is 0 Å². The molecule has 2 rings (SSSR count). The minimum Gasteiger partial charge on any atom is -0.491 e. The number of hydrogen-bond acceptors (Lipinski definition) is 2. The highest BCUT2D eigenvalue weighted by atomic mass is 19.2. The van der Waals surface area contributed by atoms with Crippen LogP contribution in [0.1, 0.15) is 65.2 Å². The molecule has 0 atom stereocenters. The van der Waals surface area contributed by atoms with E-state index < -0.39 is 11.6 Å². The van der Waals surface area contributed by atoms with E-state index in [0.717, 1.165) is 24.7 Å². The molecule has 0 radical (unpaired) electrons. The highest BCUT2D eigenvalue weighted by molar-refractivity contribution is 5.34. The van der Waals surface area contributed by atoms with E-state index in [1.165, 1.54) is 50.7 Å². The summed E-state index contributed by atoms with van der Waals surface area (Å²) in [6.07, 6.45) is 9.94. The fraction of sp³-hybridized carbons (Fsp3) is 0.700. The highest BCUT2D eigenvalue weighted by Crippen LogP contribution is 2.34. The maximum Gasteiger partial charge on any atom is 0.204 e. The van der Waals surface area contributed by atoms with Gasteiger partial charge in [0.25, 0.3) is 0 Å². The molecule has 1 saturated carbocycles. The summed E-state index contributed by atoms with van der Waals surface area (Å²) in [5.41, 5.74) is 0. The zero-order valence-electron chi connectivity index (χ0n) is 15.0. The lowest BCUT2D eigenvalue weighted by Crippen LogP contribution is -2.15. The van der Waals surface area contributed by atoms with E-state index in [4.69, 9.17) is 9.47 Å². The Morgan fingerprint density at radius 2 is 1.42 bits per heavy atom. The molecule has 136 valence electrons. The number of benzene rings is 1. The predicted molar refractivity (Wildman–Crippen MR) is 92.6 cm³/mol. The standard InChI is InChI=1S/C20H30F2O2/c1-3-6-15-8-10-16(11-9-15)7-5-14-24-18-13-12-17(23-4-2)19(21)20(18)22/h12-13,15-16H,3-11,14H2,1-2H3/t15-,16-. The third-order valence-electron chi connectivity index (χ3n) is 4.99. The van der Waals surface area contributed by atoms with E-state index in [2.05, 4.69) is 6.92 Å². The Morgan fingerprint density at radius 1 is 0.875 bits per heavy atom. The van der Waals surface area contributed by atoms with Crippen LogP contribution in [-0.2, 0) is 0 Å². The number of halogens is 2. The van der Waals surface area contributed by atoms with Crippen molar-refractivity contribution in [3.8, 4) is 11.5 Å². The molecule has 24 heavy (non-hydrogen) atoms. The van der Waals surface area contributed by atoms with E-state index in [9.17, 15) is 8.78 Å². The summed E-state index contributed by atoms with van der Waals surface area (Å²) in [5, 5.41) is 0. The molecule has 0 unspecified atom stereocenters. The van der Waals surface area contributed by atoms with Crippen LogP contribution < -0.4 is 9.47 Å². The zero-order valence-corrected chi connectivity index (χ0v) is 15.0. The Bertz CT molecular complexity index is 497. The normalized spacial score (nSPS) is 20.8. The first-order chi connectivity index (χ1) is 11.7. The topological polar surface area (TPSA) is 18.5 Å². The van der Waals surface area contributed by atoms with E-state index in [1.54, 1.807) is 6.92 Å². The molecule has 0 heterocycles. The van der Waals surface area contributed by atoms with Crippen LogP contribution in [-0.4, -0.2) is 13.2 Å². The Balaban J connectivity index is 1.70. The number of ether oxygens (including phenoxy) is 2. The smallest absolute Gasteiger partial charge is 0.204 e. The van der Waals surface area contributed by atoms with Crippen molar-refractivity contribution in [2.24, 2.45) is 11.8 Å². The van der Waals surface area contributed by atoms with Crippen LogP contribution in [0.15, 0.2) is 12.1 Å². The third-order valence-corrected chi connectivity index (χ3v) is 4.99. The van der Waals surface area contributed by atoms with E-state index >= 15 is 0 Å². The summed E-state index contributed by atoms with van der Waals surface area (Å²) in [4.78, 5) is 0. The first-order valence-corrected chi connectivity index (χ1v) is 9.39. The molecule has 1 fully saturated rings. The molecule has 1 aliphatic carbocycles. The second kappa shape index (κ2) is 9.85. The van der Waals surface area contributed by atoms with Gasteiger partial charge in [-0.15, -0.1) is 0 Å². The maximum absolute atomic E-state index is 13.9. The average molecular weight is 340 g/mol. The molecule has 0 aliphatic heterocycles. The second-order valence-electron chi connectivity index (χ2n) is 6.79. The maximum atomic E-state index is 13.9. The van der Waals surface area contributed by atoms with Gasteiger partial charge in [0.1, 0.15) is 0 Å². The largest absolute Gasteiger partial charge is 0.491 e. The Hall–Kier alpha value is -1.32. The van der Waals surface area contributed by atoms with Gasteiger partial charge in [-0.25, -0.2) is 0 Å². The van der Waals surface area contributed by atoms with E-state index in [1.807, 2.05) is 0 Å². The minimum absolute atomic E-state index is 0.0254. The molecule has 1 aliphatic rings. The van der Waals surface area contributed by atoms with Crippen LogP contribution in [0.3, 0.4) is 0 Å². The van der Waals surface area contributed by atoms with E-state index in [-0.39, 0.29) is 11.5 Å². The molecule has 0 spiro atoms. The SMILES string of the molecule is CCC[C@H]1CC[C@H](CCCOc2ccc(OCC)c(F)c2F)CC1. The van der Waals surface area contributed by atoms with Crippen LogP contribution in [0, 0.1) is 23.5 Å². The van der Waals surface area contributed by atoms with Crippen LogP contribution in [0.2, 0.25) is 0 Å². The molecule has 4 heteroatoms. The summed E-state index contributed by atoms with van der Waals surface area (Å²) in [7, 11) is 0. The first-order valence-electron chi connectivity index (χ1n) is 9.39. The Labute approximate surface area is 144 Å². The quantitative estimate of drug-likeness (QED) is 0.503. The molecule has 0 amide bonds. The minimum atomic E-state index is -0.969. The lowest BCUT2D eigenvalue weighted by molar-refractivity contribution is 0.225. The summed E-state index contributed by atoms with van der Waals surface area (Å²) < 4.78 is 38.1. The van der Waals surface area contributed by atoms with Crippen molar-refractivity contribution >= 4 is 0 Å². The van der Waals surface area contributed by atoms with Gasteiger partial charge in [-0.1, -0.05) is 45.4 Å². The molecule has 0 saturated heterocycles. The van der Waals surface area contributed by atoms with Crippen LogP contribution >= 0.6 is 0 Å². The molecule has 0 bridgehead atoms. The highest BCUT2D eigenvalue weighted by Gasteiger charge is 2.20. The van der Waals surface area contributed by atoms with Crippen LogP contribution in [0.4, 0.5) is 8.78 Å². The van der Waals surface area contributed by atoms with Gasteiger partial charge in [-0.05, 0) is 43.7 Å². The summed E-state index contributed by atoms with van der Waals surface area (Å²) in [6.45, 7) is 4.72. The van der Waals surface area contributed by atoms with Gasteiger partial charge in [-0.2, -0.15) is 8.78 Å². The fourth-order valence-electron chi connectivity index (χ4n) is 3.66. The van der Waals surface area contributed by atoms with Gasteiger partial charge in [0.15, 0.2) is 11.5 Å². The third kappa shape index (κ3) is 5.35. The zero-order chi connectivity index (χ0) is 17.4. The van der Waals surface area contributed by atoms with Crippen LogP contribution in [0.5, 0.6) is 11.5 Å². The number of hydrogen-bond donors (Lipinski definition) is 0. The Kier molecular flexibility index (Phi) is 7.80. The lowest BCUT2D eigenvalue weighted by atomic mass is 9.78. The summed E-state index contributed by atoms with van der Waals surface area (Å²) in [6, 6.07) is 2.87. The van der Waals surface area contributed by atoms with Gasteiger partial charge in [0.05, 0.1) is 13.2 Å². The lowest BCUT2D eigenvalue weighted by Gasteiger charge is -2.28. The molecule has 2 nitrogen and oxygen atoms in total. The van der Waals surface area contributed by atoms with Gasteiger partial charge in [-0.3, -0.25) is 0 Å². The fourth-order valence-corrected chi connectivity index (χ4v) is 3.66. The number of rotatable bonds is 9. The van der Waals surface area contributed by atoms with Crippen molar-refractivity contribution in [3.05, 3.63) is 23.8 Å². The molecular formula is C20H30F2O2. The van der Waals surface area contributed by atoms with Crippen molar-refractivity contribution in [1.82, 2.24) is 0 Å². The van der Waals surface area contributed by atoms with Gasteiger partial charge < -0.3 is 9.47 Å². The molecule has 1 aromatic carbocycles. The first kappa shape index (κ1) is 19.0. The van der Waals surface area contributed by atoms with E-state index in [0.29, 0.717) is 13.2 Å². The van der Waals surface area contributed by atoms with Crippen molar-refractivity contribution in [2.45, 2.75) is 65.2 Å². The van der Waals surface area contributed by atoms with Gasteiger partial charge in [0, 0.05) is 0 Å². The van der Waals surface area contributed by atoms with Crippen molar-refractivity contribution in [2.75, 3.05) is 13.2 Å². The molecular weight excluding hydrogens is 310 g/mol. The predicted octanol–water partition coefficient (Wildman–Crippen LogP) is 6.13. The monoisotopic (exact) mass is 340 g/mol. The second-order valence-corrected chi connectivity index (χ2v) is 6.79. The van der Waals surface area contributed by atoms with Crippen molar-refractivity contribution in [3.63, 3.8) is 0 Å². The molecule has 0 aromatic heterocycles. The summed E-state index contributed by atoms with van der Waals surface area (Å²) in [5.74, 6) is -0.328. The van der Waals surface area contributed by atoms with Gasteiger partial charge >= 0.3 is 0 Å². The average Bonchev–Trinajstić information content (AvgIpc) is 2.59. The van der Waals surface area contributed by atoms with Crippen molar-refractivity contribution < 1.29 is 18.3 Å².